The first-order valence-electron chi connectivity index (χ1n) is 11.3. The Labute approximate surface area is 207 Å². The number of quaternary nitrogens is 1. The number of carbonyl (C=O) groups excluding carboxylic acids is 1. The van der Waals surface area contributed by atoms with Gasteiger partial charge in [-0.1, -0.05) is 48.3 Å². The molecule has 2 aliphatic rings. The molecule has 0 spiro atoms. The summed E-state index contributed by atoms with van der Waals surface area (Å²) in [5.41, 5.74) is 2.52. The second-order valence-corrected chi connectivity index (χ2v) is 10.8. The summed E-state index contributed by atoms with van der Waals surface area (Å²) in [4.78, 5) is 18.3. The van der Waals surface area contributed by atoms with Gasteiger partial charge in [0.1, 0.15) is 9.23 Å². The fourth-order valence-electron chi connectivity index (χ4n) is 3.68. The molecule has 1 N–H and O–H groups in total. The molecule has 1 aromatic carbocycles. The molecule has 2 heterocycles. The number of carbonyl (C=O) groups is 1. The largest absolute Gasteiger partial charge is 0.748 e. The zero-order valence-corrected chi connectivity index (χ0v) is 22.1. The average molecular weight is 512 g/mol. The van der Waals surface area contributed by atoms with E-state index in [1.165, 1.54) is 36.3 Å². The highest BCUT2D eigenvalue weighted by Gasteiger charge is 2.35. The fraction of sp³-hybridized carbons (Fsp3) is 0.478. The smallest absolute Gasteiger partial charge is 0.268 e. The van der Waals surface area contributed by atoms with Crippen molar-refractivity contribution in [3.05, 3.63) is 46.5 Å². The lowest BCUT2D eigenvalue weighted by atomic mass is 10.0. The van der Waals surface area contributed by atoms with Crippen molar-refractivity contribution in [2.45, 2.75) is 34.1 Å². The molecule has 1 fully saturated rings. The minimum Gasteiger partial charge on any atom is -0.748 e. The van der Waals surface area contributed by atoms with Gasteiger partial charge >= 0.3 is 0 Å². The normalized spacial score (nSPS) is 18.0. The first kappa shape index (κ1) is 27.5. The van der Waals surface area contributed by atoms with Crippen LogP contribution in [-0.2, 0) is 14.9 Å². The first-order valence-corrected chi connectivity index (χ1v) is 14.1. The Morgan fingerprint density at radius 3 is 2.18 bits per heavy atom. The summed E-state index contributed by atoms with van der Waals surface area (Å²) in [6.07, 6.45) is 3.94. The van der Waals surface area contributed by atoms with Gasteiger partial charge in [0.15, 0.2) is 0 Å². The van der Waals surface area contributed by atoms with Crippen molar-refractivity contribution in [1.82, 2.24) is 4.90 Å². The molecule has 1 amide bonds. The third kappa shape index (κ3) is 7.38. The van der Waals surface area contributed by atoms with E-state index in [1.54, 1.807) is 4.90 Å². The molecule has 0 aromatic heterocycles. The highest BCUT2D eigenvalue weighted by atomic mass is 32.2. The molecular weight excluding hydrogens is 478 g/mol. The highest BCUT2D eigenvalue weighted by Crippen LogP contribution is 2.39. The molecule has 0 radical (unpaired) electrons. The third-order valence-corrected chi connectivity index (χ3v) is 7.86. The molecular formula is C23H33N3O4S3. The maximum atomic E-state index is 12.7. The van der Waals surface area contributed by atoms with Crippen LogP contribution in [0.1, 0.15) is 39.7 Å². The molecule has 33 heavy (non-hydrogen) atoms. The van der Waals surface area contributed by atoms with Crippen LogP contribution in [0.2, 0.25) is 0 Å². The molecule has 1 aromatic rings. The second kappa shape index (κ2) is 12.7. The standard InChI is InChI=1S/C17H18N2O4S3.C6H15N/c1-2-18-16(20)15(25-17(18)24)14-9-8-12-6-3-4-7-13(12)19(14)10-5-11-26(21,22)23;1-4-7(5-2)6-3/h3-4,6-9H,2,5,10-11H2,1H3,(H,21,22,23);4-6H2,1-3H3/b15-14+;. The predicted octanol–water partition coefficient (Wildman–Crippen LogP) is 2.48. The Morgan fingerprint density at radius 1 is 1.03 bits per heavy atom. The first-order chi connectivity index (χ1) is 15.7. The number of rotatable bonds is 8. The number of nitrogens with zero attached hydrogens (tertiary/aromatic N) is 2. The summed E-state index contributed by atoms with van der Waals surface area (Å²) in [6, 6.07) is 7.64. The van der Waals surface area contributed by atoms with Crippen LogP contribution in [0.25, 0.3) is 6.08 Å². The van der Waals surface area contributed by atoms with E-state index < -0.39 is 15.9 Å². The Hall–Kier alpha value is -1.72. The van der Waals surface area contributed by atoms with Gasteiger partial charge in [0.2, 0.25) is 0 Å². The van der Waals surface area contributed by atoms with E-state index in [2.05, 4.69) is 20.8 Å². The topological polar surface area (TPSA) is 85.2 Å². The number of nitrogens with one attached hydrogen (secondary N) is 1. The highest BCUT2D eigenvalue weighted by molar-refractivity contribution is 8.26. The van der Waals surface area contributed by atoms with Crippen molar-refractivity contribution in [2.75, 3.05) is 43.4 Å². The molecule has 1 saturated heterocycles. The Balaban J connectivity index is 0.000000479. The summed E-state index contributed by atoms with van der Waals surface area (Å²) >= 11 is 6.53. The molecule has 182 valence electrons. The fourth-order valence-corrected chi connectivity index (χ4v) is 5.60. The number of benzene rings is 1. The number of para-hydroxylation sites is 1. The Kier molecular flexibility index (Phi) is 10.6. The lowest BCUT2D eigenvalue weighted by molar-refractivity contribution is -0.894. The van der Waals surface area contributed by atoms with E-state index in [1.807, 2.05) is 48.2 Å². The SMILES string of the molecule is CCN1C(=O)/C(=C2/C=Cc3ccccc3N2CCCS(=O)(=O)[O-])SC1=S.CC[NH+](CC)CC. The van der Waals surface area contributed by atoms with Gasteiger partial charge in [0.25, 0.3) is 5.91 Å². The van der Waals surface area contributed by atoms with E-state index in [-0.39, 0.29) is 12.3 Å². The van der Waals surface area contributed by atoms with E-state index >= 15 is 0 Å². The van der Waals surface area contributed by atoms with Crippen LogP contribution in [0.4, 0.5) is 5.69 Å². The monoisotopic (exact) mass is 511 g/mol. The summed E-state index contributed by atoms with van der Waals surface area (Å²) in [6.45, 7) is 13.2. The zero-order chi connectivity index (χ0) is 24.6. The van der Waals surface area contributed by atoms with Crippen LogP contribution < -0.4 is 9.80 Å². The number of likely N-dealkylation sites (N-methyl/N-ethyl adjacent to an activating group) is 1. The van der Waals surface area contributed by atoms with Crippen LogP contribution in [-0.4, -0.2) is 66.6 Å². The maximum absolute atomic E-state index is 12.7. The van der Waals surface area contributed by atoms with Crippen LogP contribution in [0, 0.1) is 0 Å². The summed E-state index contributed by atoms with van der Waals surface area (Å²) in [5.74, 6) is -0.596. The molecule has 2 aliphatic heterocycles. The number of anilines is 1. The minimum absolute atomic E-state index is 0.150. The number of fused-ring (bicyclic) bond motifs is 1. The van der Waals surface area contributed by atoms with E-state index in [9.17, 15) is 17.8 Å². The van der Waals surface area contributed by atoms with Gasteiger partial charge in [0, 0.05) is 24.5 Å². The molecule has 0 atom stereocenters. The number of amides is 1. The average Bonchev–Trinajstić information content (AvgIpc) is 3.07. The van der Waals surface area contributed by atoms with E-state index in [0.29, 0.717) is 28.0 Å². The third-order valence-electron chi connectivity index (χ3n) is 5.61. The quantitative estimate of drug-likeness (QED) is 0.326. The lowest BCUT2D eigenvalue weighted by Gasteiger charge is -2.31. The van der Waals surface area contributed by atoms with E-state index in [4.69, 9.17) is 12.2 Å². The summed E-state index contributed by atoms with van der Waals surface area (Å²) < 4.78 is 33.4. The molecule has 7 nitrogen and oxygen atoms in total. The van der Waals surface area contributed by atoms with Crippen LogP contribution in [0.3, 0.4) is 0 Å². The predicted molar refractivity (Wildman–Crippen MR) is 139 cm³/mol. The minimum atomic E-state index is -4.28. The van der Waals surface area contributed by atoms with Crippen LogP contribution in [0.15, 0.2) is 40.9 Å². The van der Waals surface area contributed by atoms with E-state index in [0.717, 1.165) is 11.3 Å². The molecule has 10 heteroatoms. The van der Waals surface area contributed by atoms with Gasteiger partial charge < -0.3 is 14.4 Å². The van der Waals surface area contributed by atoms with Gasteiger partial charge in [-0.3, -0.25) is 9.69 Å². The van der Waals surface area contributed by atoms with Crippen molar-refractivity contribution >= 4 is 56.1 Å². The maximum Gasteiger partial charge on any atom is 0.268 e. The molecule has 0 unspecified atom stereocenters. The van der Waals surface area contributed by atoms with Gasteiger partial charge in [-0.2, -0.15) is 0 Å². The number of thiocarbonyl (C=S) groups is 1. The Morgan fingerprint density at radius 2 is 1.67 bits per heavy atom. The number of thioether (sulfide) groups is 1. The molecule has 0 bridgehead atoms. The molecule has 0 aliphatic carbocycles. The number of hydrogen-bond donors (Lipinski definition) is 1. The van der Waals surface area contributed by atoms with Crippen molar-refractivity contribution < 1.29 is 22.7 Å². The summed E-state index contributed by atoms with van der Waals surface area (Å²) in [5, 5.41) is 0. The van der Waals surface area contributed by atoms with Gasteiger partial charge in [0.05, 0.1) is 35.4 Å². The second-order valence-electron chi connectivity index (χ2n) is 7.60. The van der Waals surface area contributed by atoms with Gasteiger partial charge in [-0.15, -0.1) is 0 Å². The molecule has 0 saturated carbocycles. The molecule has 3 rings (SSSR count). The van der Waals surface area contributed by atoms with Crippen molar-refractivity contribution in [3.63, 3.8) is 0 Å². The van der Waals surface area contributed by atoms with Crippen molar-refractivity contribution in [2.24, 2.45) is 0 Å². The van der Waals surface area contributed by atoms with Gasteiger partial charge in [-0.05, 0) is 51.8 Å². The summed E-state index contributed by atoms with van der Waals surface area (Å²) in [7, 11) is -4.28. The number of allylic oxidation sites excluding steroid dienone is 1. The lowest BCUT2D eigenvalue weighted by Crippen LogP contribution is -3.11. The van der Waals surface area contributed by atoms with Crippen molar-refractivity contribution in [1.29, 1.82) is 0 Å². The Bertz CT molecular complexity index is 1010. The van der Waals surface area contributed by atoms with Gasteiger partial charge in [-0.25, -0.2) is 8.42 Å². The van der Waals surface area contributed by atoms with Crippen LogP contribution >= 0.6 is 24.0 Å². The number of hydrogen-bond acceptors (Lipinski definition) is 7. The van der Waals surface area contributed by atoms with Crippen molar-refractivity contribution in [3.8, 4) is 0 Å². The van der Waals surface area contributed by atoms with Crippen LogP contribution in [0.5, 0.6) is 0 Å². The zero-order valence-electron chi connectivity index (χ0n) is 19.7.